The molecular formula is C25H29N7O3. The van der Waals surface area contributed by atoms with Gasteiger partial charge in [0.15, 0.2) is 0 Å². The van der Waals surface area contributed by atoms with E-state index in [0.717, 1.165) is 40.9 Å². The molecule has 10 nitrogen and oxygen atoms in total. The number of aryl methyl sites for hydroxylation is 1. The zero-order valence-electron chi connectivity index (χ0n) is 19.9. The highest BCUT2D eigenvalue weighted by atomic mass is 16.3. The van der Waals surface area contributed by atoms with Crippen LogP contribution in [0.5, 0.6) is 0 Å². The van der Waals surface area contributed by atoms with Gasteiger partial charge in [-0.2, -0.15) is 4.80 Å². The van der Waals surface area contributed by atoms with Crippen LogP contribution < -0.4 is 5.32 Å². The molecule has 0 radical (unpaired) electrons. The Kier molecular flexibility index (Phi) is 6.31. The van der Waals surface area contributed by atoms with E-state index in [-0.39, 0.29) is 30.4 Å². The van der Waals surface area contributed by atoms with Gasteiger partial charge in [-0.1, -0.05) is 30.3 Å². The molecule has 0 aliphatic carbocycles. The van der Waals surface area contributed by atoms with Crippen molar-refractivity contribution >= 4 is 17.5 Å². The third-order valence-corrected chi connectivity index (χ3v) is 6.73. The largest absolute Gasteiger partial charge is 0.392 e. The number of likely N-dealkylation sites (N-methyl/N-ethyl adjacent to an activating group) is 1. The Labute approximate surface area is 203 Å². The van der Waals surface area contributed by atoms with Crippen LogP contribution in [-0.4, -0.2) is 79.7 Å². The summed E-state index contributed by atoms with van der Waals surface area (Å²) in [6, 6.07) is 13.4. The summed E-state index contributed by atoms with van der Waals surface area (Å²) in [5.41, 5.74) is 4.40. The number of carbonyl (C=O) groups is 2. The van der Waals surface area contributed by atoms with E-state index in [1.54, 1.807) is 11.9 Å². The summed E-state index contributed by atoms with van der Waals surface area (Å²) in [6.07, 6.45) is 0.997. The molecule has 0 spiro atoms. The maximum absolute atomic E-state index is 13.4. The number of benzene rings is 2. The summed E-state index contributed by atoms with van der Waals surface area (Å²) >= 11 is 0. The molecule has 182 valence electrons. The number of carbonyl (C=O) groups excluding carboxylic acids is 2. The molecule has 2 N–H and O–H groups in total. The molecule has 2 aliphatic heterocycles. The minimum atomic E-state index is -0.339. The quantitative estimate of drug-likeness (QED) is 0.527. The number of hydrogen-bond acceptors (Lipinski definition) is 7. The summed E-state index contributed by atoms with van der Waals surface area (Å²) in [6.45, 7) is 1.99. The van der Waals surface area contributed by atoms with Crippen LogP contribution in [0.3, 0.4) is 0 Å². The van der Waals surface area contributed by atoms with Crippen molar-refractivity contribution in [2.75, 3.05) is 32.0 Å². The van der Waals surface area contributed by atoms with Crippen molar-refractivity contribution in [3.63, 3.8) is 0 Å². The van der Waals surface area contributed by atoms with Crippen molar-refractivity contribution in [3.8, 4) is 11.4 Å². The number of aliphatic hydroxyl groups excluding tert-OH is 1. The van der Waals surface area contributed by atoms with Gasteiger partial charge in [-0.05, 0) is 40.5 Å². The van der Waals surface area contributed by atoms with Gasteiger partial charge in [0, 0.05) is 37.9 Å². The van der Waals surface area contributed by atoms with Crippen LogP contribution >= 0.6 is 0 Å². The summed E-state index contributed by atoms with van der Waals surface area (Å²) in [4.78, 5) is 30.5. The van der Waals surface area contributed by atoms with Crippen molar-refractivity contribution in [2.24, 2.45) is 7.05 Å². The van der Waals surface area contributed by atoms with Gasteiger partial charge in [-0.15, -0.1) is 10.2 Å². The molecule has 2 atom stereocenters. The number of tetrazole rings is 1. The normalized spacial score (nSPS) is 18.4. The Morgan fingerprint density at radius 3 is 2.89 bits per heavy atom. The van der Waals surface area contributed by atoms with Gasteiger partial charge >= 0.3 is 0 Å². The van der Waals surface area contributed by atoms with Gasteiger partial charge in [0.1, 0.15) is 0 Å². The van der Waals surface area contributed by atoms with Crippen molar-refractivity contribution in [1.82, 2.24) is 30.0 Å². The van der Waals surface area contributed by atoms with Gasteiger partial charge in [-0.25, -0.2) is 0 Å². The fraction of sp³-hybridized carbons (Fsp3) is 0.400. The third kappa shape index (κ3) is 5.08. The smallest absolute Gasteiger partial charge is 0.228 e. The van der Waals surface area contributed by atoms with E-state index in [2.05, 4.69) is 25.6 Å². The lowest BCUT2D eigenvalue weighted by Gasteiger charge is -2.32. The summed E-state index contributed by atoms with van der Waals surface area (Å²) < 4.78 is 0. The van der Waals surface area contributed by atoms with Crippen LogP contribution in [0.1, 0.15) is 29.2 Å². The highest BCUT2D eigenvalue weighted by molar-refractivity contribution is 5.99. The zero-order valence-corrected chi connectivity index (χ0v) is 19.9. The van der Waals surface area contributed by atoms with Gasteiger partial charge < -0.3 is 15.3 Å². The lowest BCUT2D eigenvalue weighted by atomic mass is 10.0. The predicted molar refractivity (Wildman–Crippen MR) is 129 cm³/mol. The van der Waals surface area contributed by atoms with E-state index in [4.69, 9.17) is 0 Å². The fourth-order valence-corrected chi connectivity index (χ4v) is 4.80. The molecular weight excluding hydrogens is 446 g/mol. The highest BCUT2D eigenvalue weighted by Gasteiger charge is 2.29. The molecule has 0 saturated carbocycles. The minimum absolute atomic E-state index is 0.0223. The molecule has 2 amide bonds. The predicted octanol–water partition coefficient (Wildman–Crippen LogP) is 1.18. The average Bonchev–Trinajstić information content (AvgIpc) is 3.56. The number of aliphatic hydroxyl groups is 1. The van der Waals surface area contributed by atoms with Crippen LogP contribution in [0.15, 0.2) is 42.5 Å². The number of amides is 2. The van der Waals surface area contributed by atoms with Gasteiger partial charge in [0.05, 0.1) is 32.0 Å². The standard InChI is InChI=1S/C25H29N7O3/c1-30(24(35)11-16-6-7-17-13-23(34)26-21(17)10-16)22(15-32-9-8-20(33)14-32)18-4-3-5-19(12-18)25-27-29-31(2)28-25/h3-7,10,12,20,22,33H,8-9,11,13-15H2,1-2H3,(H,26,34)/t20?,22-/m1/s1. The Morgan fingerprint density at radius 2 is 2.14 bits per heavy atom. The second-order valence-corrected chi connectivity index (χ2v) is 9.34. The van der Waals surface area contributed by atoms with E-state index in [9.17, 15) is 14.7 Å². The molecule has 10 heteroatoms. The van der Waals surface area contributed by atoms with Crippen LogP contribution in [0.2, 0.25) is 0 Å². The molecule has 35 heavy (non-hydrogen) atoms. The van der Waals surface area contributed by atoms with Crippen molar-refractivity contribution < 1.29 is 14.7 Å². The first kappa shape index (κ1) is 23.1. The second kappa shape index (κ2) is 9.55. The van der Waals surface area contributed by atoms with Gasteiger partial charge in [0.25, 0.3) is 0 Å². The van der Waals surface area contributed by atoms with Crippen molar-refractivity contribution in [2.45, 2.75) is 31.4 Å². The molecule has 3 aromatic rings. The number of fused-ring (bicyclic) bond motifs is 1. The second-order valence-electron chi connectivity index (χ2n) is 9.34. The van der Waals surface area contributed by atoms with E-state index < -0.39 is 0 Å². The summed E-state index contributed by atoms with van der Waals surface area (Å²) in [5, 5.41) is 25.2. The minimum Gasteiger partial charge on any atom is -0.392 e. The first-order chi connectivity index (χ1) is 16.9. The van der Waals surface area contributed by atoms with Crippen molar-refractivity contribution in [1.29, 1.82) is 0 Å². The average molecular weight is 476 g/mol. The van der Waals surface area contributed by atoms with Crippen LogP contribution in [0.4, 0.5) is 5.69 Å². The molecule has 0 bridgehead atoms. The van der Waals surface area contributed by atoms with Gasteiger partial charge in [0.2, 0.25) is 17.6 Å². The van der Waals surface area contributed by atoms with Crippen LogP contribution in [0, 0.1) is 0 Å². The number of likely N-dealkylation sites (tertiary alicyclic amines) is 1. The lowest BCUT2D eigenvalue weighted by molar-refractivity contribution is -0.131. The monoisotopic (exact) mass is 475 g/mol. The first-order valence-electron chi connectivity index (χ1n) is 11.8. The number of nitrogens with zero attached hydrogens (tertiary/aromatic N) is 6. The topological polar surface area (TPSA) is 116 Å². The van der Waals surface area contributed by atoms with Crippen LogP contribution in [-0.2, 0) is 29.5 Å². The zero-order chi connectivity index (χ0) is 24.5. The maximum atomic E-state index is 13.4. The highest BCUT2D eigenvalue weighted by Crippen LogP contribution is 2.28. The summed E-state index contributed by atoms with van der Waals surface area (Å²) in [7, 11) is 3.54. The molecule has 5 rings (SSSR count). The number of anilines is 1. The Bertz CT molecular complexity index is 1260. The fourth-order valence-electron chi connectivity index (χ4n) is 4.80. The van der Waals surface area contributed by atoms with Gasteiger partial charge in [-0.3, -0.25) is 14.5 Å². The molecule has 3 heterocycles. The first-order valence-corrected chi connectivity index (χ1v) is 11.8. The Hall–Kier alpha value is -3.63. The Balaban J connectivity index is 1.39. The molecule has 1 unspecified atom stereocenters. The van der Waals surface area contributed by atoms with E-state index in [1.165, 1.54) is 4.80 Å². The van der Waals surface area contributed by atoms with Crippen molar-refractivity contribution in [3.05, 3.63) is 59.2 Å². The number of β-amino-alcohol motifs (C(OH)–C–C–N with tert-alkyl or cyclic N) is 1. The van der Waals surface area contributed by atoms with E-state index >= 15 is 0 Å². The third-order valence-electron chi connectivity index (χ3n) is 6.73. The van der Waals surface area contributed by atoms with Crippen LogP contribution in [0.25, 0.3) is 11.4 Å². The number of nitrogens with one attached hydrogen (secondary N) is 1. The Morgan fingerprint density at radius 1 is 1.29 bits per heavy atom. The molecule has 1 saturated heterocycles. The van der Waals surface area contributed by atoms with E-state index in [1.807, 2.05) is 49.5 Å². The maximum Gasteiger partial charge on any atom is 0.228 e. The summed E-state index contributed by atoms with van der Waals surface area (Å²) in [5.74, 6) is 0.479. The number of aromatic nitrogens is 4. The SMILES string of the molecule is CN(C(=O)Cc1ccc2c(c1)NC(=O)C2)[C@H](CN1CCC(O)C1)c1cccc(-c2nnn(C)n2)c1. The number of rotatable bonds is 7. The lowest BCUT2D eigenvalue weighted by Crippen LogP contribution is -2.39. The molecule has 1 aromatic heterocycles. The van der Waals surface area contributed by atoms with E-state index in [0.29, 0.717) is 25.3 Å². The molecule has 2 aliphatic rings. The molecule has 1 fully saturated rings. The number of hydrogen-bond donors (Lipinski definition) is 2. The molecule has 2 aromatic carbocycles.